The minimum atomic E-state index is -0.174. The molecule has 0 saturated carbocycles. The lowest BCUT2D eigenvalue weighted by Crippen LogP contribution is -2.34. The number of nitrogens with zero attached hydrogens (tertiary/aromatic N) is 1. The first-order chi connectivity index (χ1) is 9.04. The predicted octanol–water partition coefficient (Wildman–Crippen LogP) is 1.30. The number of phenolic OH excluding ortho intramolecular Hbond substituents is 1. The van der Waals surface area contributed by atoms with E-state index in [1.807, 2.05) is 29.6 Å². The van der Waals surface area contributed by atoms with Crippen LogP contribution >= 0.6 is 22.6 Å². The van der Waals surface area contributed by atoms with E-state index in [2.05, 4.69) is 10.2 Å². The molecule has 19 heavy (non-hydrogen) atoms. The van der Waals surface area contributed by atoms with Crippen LogP contribution in [-0.2, 0) is 4.74 Å². The standard InChI is InChI=1S/C13H19IN2O3/c1-16(7-8-19-2)6-5-15-13(18)10-3-4-11(14)12(17)9-10/h3-4,9,17H,5-8H2,1-2H3,(H,15,18). The summed E-state index contributed by atoms with van der Waals surface area (Å²) < 4.78 is 5.71. The van der Waals surface area contributed by atoms with Crippen LogP contribution in [-0.4, -0.2) is 56.3 Å². The van der Waals surface area contributed by atoms with E-state index in [1.165, 1.54) is 6.07 Å². The maximum Gasteiger partial charge on any atom is 0.251 e. The SMILES string of the molecule is COCCN(C)CCNC(=O)c1ccc(I)c(O)c1. The van der Waals surface area contributed by atoms with E-state index in [9.17, 15) is 9.90 Å². The highest BCUT2D eigenvalue weighted by Crippen LogP contribution is 2.20. The van der Waals surface area contributed by atoms with Gasteiger partial charge < -0.3 is 20.1 Å². The summed E-state index contributed by atoms with van der Waals surface area (Å²) in [6.07, 6.45) is 0. The summed E-state index contributed by atoms with van der Waals surface area (Å²) in [5.41, 5.74) is 0.470. The summed E-state index contributed by atoms with van der Waals surface area (Å²) in [4.78, 5) is 13.9. The van der Waals surface area contributed by atoms with Crippen LogP contribution in [0.2, 0.25) is 0 Å². The highest BCUT2D eigenvalue weighted by atomic mass is 127. The molecule has 0 heterocycles. The number of amides is 1. The fourth-order valence-corrected chi connectivity index (χ4v) is 1.81. The molecule has 0 aliphatic carbocycles. The van der Waals surface area contributed by atoms with Crippen molar-refractivity contribution in [1.29, 1.82) is 0 Å². The average Bonchev–Trinajstić information content (AvgIpc) is 2.39. The largest absolute Gasteiger partial charge is 0.507 e. The van der Waals surface area contributed by atoms with Gasteiger partial charge in [-0.15, -0.1) is 0 Å². The third kappa shape index (κ3) is 5.75. The second kappa shape index (κ2) is 8.34. The van der Waals surface area contributed by atoms with Crippen molar-refractivity contribution >= 4 is 28.5 Å². The molecule has 1 amide bonds. The van der Waals surface area contributed by atoms with Crippen LogP contribution in [0.15, 0.2) is 18.2 Å². The van der Waals surface area contributed by atoms with E-state index in [4.69, 9.17) is 4.74 Å². The molecule has 0 unspecified atom stereocenters. The quantitative estimate of drug-likeness (QED) is 0.703. The Morgan fingerprint density at radius 3 is 2.84 bits per heavy atom. The number of rotatable bonds is 7. The third-order valence-electron chi connectivity index (χ3n) is 2.66. The number of nitrogens with one attached hydrogen (secondary N) is 1. The van der Waals surface area contributed by atoms with E-state index in [0.717, 1.165) is 16.7 Å². The molecule has 106 valence electrons. The summed E-state index contributed by atoms with van der Waals surface area (Å²) in [5.74, 6) is -0.0442. The molecule has 5 nitrogen and oxygen atoms in total. The van der Waals surface area contributed by atoms with E-state index in [0.29, 0.717) is 18.7 Å². The van der Waals surface area contributed by atoms with E-state index < -0.39 is 0 Å². The molecule has 1 rings (SSSR count). The maximum absolute atomic E-state index is 11.8. The van der Waals surface area contributed by atoms with E-state index in [1.54, 1.807) is 19.2 Å². The number of methoxy groups -OCH3 is 1. The number of likely N-dealkylation sites (N-methyl/N-ethyl adjacent to an activating group) is 1. The van der Waals surface area contributed by atoms with Gasteiger partial charge in [0, 0.05) is 32.3 Å². The smallest absolute Gasteiger partial charge is 0.251 e. The zero-order valence-corrected chi connectivity index (χ0v) is 13.3. The summed E-state index contributed by atoms with van der Waals surface area (Å²) in [6.45, 7) is 2.82. The highest BCUT2D eigenvalue weighted by molar-refractivity contribution is 14.1. The first kappa shape index (κ1) is 16.2. The Balaban J connectivity index is 2.37. The molecular weight excluding hydrogens is 359 g/mol. The predicted molar refractivity (Wildman–Crippen MR) is 82.5 cm³/mol. The molecule has 0 spiro atoms. The van der Waals surface area contributed by atoms with Gasteiger partial charge in [0.2, 0.25) is 0 Å². The van der Waals surface area contributed by atoms with Crippen molar-refractivity contribution < 1.29 is 14.6 Å². The van der Waals surface area contributed by atoms with Crippen LogP contribution in [0.3, 0.4) is 0 Å². The third-order valence-corrected chi connectivity index (χ3v) is 3.58. The fourth-order valence-electron chi connectivity index (χ4n) is 1.48. The number of phenols is 1. The molecular formula is C13H19IN2O3. The number of benzene rings is 1. The molecule has 1 aromatic carbocycles. The van der Waals surface area contributed by atoms with Gasteiger partial charge in [-0.1, -0.05) is 0 Å². The number of halogens is 1. The van der Waals surface area contributed by atoms with Gasteiger partial charge in [-0.05, 0) is 47.8 Å². The second-order valence-electron chi connectivity index (χ2n) is 4.22. The summed E-state index contributed by atoms with van der Waals surface area (Å²) in [7, 11) is 3.64. The van der Waals surface area contributed by atoms with Crippen LogP contribution in [0.1, 0.15) is 10.4 Å². The number of hydrogen-bond donors (Lipinski definition) is 2. The Hall–Kier alpha value is -0.860. The van der Waals surface area contributed by atoms with Gasteiger partial charge >= 0.3 is 0 Å². The monoisotopic (exact) mass is 378 g/mol. The van der Waals surface area contributed by atoms with Gasteiger partial charge in [0.1, 0.15) is 5.75 Å². The van der Waals surface area contributed by atoms with E-state index >= 15 is 0 Å². The van der Waals surface area contributed by atoms with Crippen molar-refractivity contribution in [3.05, 3.63) is 27.3 Å². The Kier molecular flexibility index (Phi) is 7.11. The maximum atomic E-state index is 11.8. The first-order valence-corrected chi connectivity index (χ1v) is 7.06. The fraction of sp³-hybridized carbons (Fsp3) is 0.462. The molecule has 1 aromatic rings. The number of carbonyl (C=O) groups excluding carboxylic acids is 1. The van der Waals surface area contributed by atoms with Crippen molar-refractivity contribution in [1.82, 2.24) is 10.2 Å². The number of carbonyl (C=O) groups is 1. The first-order valence-electron chi connectivity index (χ1n) is 5.98. The summed E-state index contributed by atoms with van der Waals surface area (Å²) >= 11 is 2.01. The Morgan fingerprint density at radius 2 is 2.21 bits per heavy atom. The molecule has 0 aromatic heterocycles. The van der Waals surface area contributed by atoms with E-state index in [-0.39, 0.29) is 11.7 Å². The van der Waals surface area contributed by atoms with Gasteiger partial charge in [-0.3, -0.25) is 4.79 Å². The van der Waals surface area contributed by atoms with Crippen molar-refractivity contribution in [2.24, 2.45) is 0 Å². The molecule has 0 bridgehead atoms. The molecule has 0 fully saturated rings. The van der Waals surface area contributed by atoms with Gasteiger partial charge in [0.05, 0.1) is 10.2 Å². The van der Waals surface area contributed by atoms with Crippen LogP contribution in [0.5, 0.6) is 5.75 Å². The topological polar surface area (TPSA) is 61.8 Å². The normalized spacial score (nSPS) is 10.7. The van der Waals surface area contributed by atoms with Crippen LogP contribution < -0.4 is 5.32 Å². The van der Waals surface area contributed by atoms with Crippen molar-refractivity contribution in [2.45, 2.75) is 0 Å². The second-order valence-corrected chi connectivity index (χ2v) is 5.38. The zero-order valence-electron chi connectivity index (χ0n) is 11.1. The Morgan fingerprint density at radius 1 is 1.47 bits per heavy atom. The van der Waals surface area contributed by atoms with Crippen LogP contribution in [0, 0.1) is 3.57 Å². The molecule has 0 radical (unpaired) electrons. The van der Waals surface area contributed by atoms with Crippen molar-refractivity contribution in [3.8, 4) is 5.75 Å². The Labute approximate surface area is 127 Å². The molecule has 6 heteroatoms. The number of ether oxygens (including phenoxy) is 1. The van der Waals surface area contributed by atoms with Gasteiger partial charge in [-0.2, -0.15) is 0 Å². The minimum Gasteiger partial charge on any atom is -0.507 e. The van der Waals surface area contributed by atoms with Crippen molar-refractivity contribution in [3.63, 3.8) is 0 Å². The number of aromatic hydroxyl groups is 1. The van der Waals surface area contributed by atoms with Crippen molar-refractivity contribution in [2.75, 3.05) is 40.4 Å². The minimum absolute atomic E-state index is 0.130. The Bertz CT molecular complexity index is 426. The highest BCUT2D eigenvalue weighted by Gasteiger charge is 2.08. The molecule has 0 atom stereocenters. The summed E-state index contributed by atoms with van der Waals surface area (Å²) in [5, 5.41) is 12.4. The van der Waals surface area contributed by atoms with Crippen LogP contribution in [0.25, 0.3) is 0 Å². The lowest BCUT2D eigenvalue weighted by atomic mass is 10.2. The van der Waals surface area contributed by atoms with Gasteiger partial charge in [0.15, 0.2) is 0 Å². The lowest BCUT2D eigenvalue weighted by molar-refractivity contribution is 0.0947. The molecule has 2 N–H and O–H groups in total. The van der Waals surface area contributed by atoms with Gasteiger partial charge in [-0.25, -0.2) is 0 Å². The van der Waals surface area contributed by atoms with Gasteiger partial charge in [0.25, 0.3) is 5.91 Å². The number of hydrogen-bond acceptors (Lipinski definition) is 4. The molecule has 0 aliphatic heterocycles. The summed E-state index contributed by atoms with van der Waals surface area (Å²) in [6, 6.07) is 4.90. The molecule has 0 aliphatic rings. The zero-order chi connectivity index (χ0) is 14.3. The van der Waals surface area contributed by atoms with Crippen LogP contribution in [0.4, 0.5) is 0 Å². The molecule has 0 saturated heterocycles. The lowest BCUT2D eigenvalue weighted by Gasteiger charge is -2.16. The average molecular weight is 378 g/mol.